The summed E-state index contributed by atoms with van der Waals surface area (Å²) < 4.78 is 5.39. The zero-order valence-electron chi connectivity index (χ0n) is 11.9. The lowest BCUT2D eigenvalue weighted by molar-refractivity contribution is 0.136. The second kappa shape index (κ2) is 10.1. The largest absolute Gasteiger partial charge is 0.382 e. The van der Waals surface area contributed by atoms with Gasteiger partial charge in [-0.05, 0) is 50.6 Å². The third-order valence-electron chi connectivity index (χ3n) is 2.97. The van der Waals surface area contributed by atoms with Crippen LogP contribution in [0, 0.1) is 17.8 Å². The highest BCUT2D eigenvalue weighted by Crippen LogP contribution is 2.16. The zero-order valence-corrected chi connectivity index (χ0v) is 11.9. The average molecular weight is 229 g/mol. The maximum Gasteiger partial charge on any atom is 0.0466 e. The molecule has 1 N–H and O–H groups in total. The number of ether oxygens (including phenoxy) is 1. The van der Waals surface area contributed by atoms with Crippen LogP contribution in [0.1, 0.15) is 47.5 Å². The molecular formula is C14H31NO. The minimum atomic E-state index is 0.747. The predicted molar refractivity (Wildman–Crippen MR) is 71.8 cm³/mol. The van der Waals surface area contributed by atoms with E-state index in [2.05, 4.69) is 39.9 Å². The van der Waals surface area contributed by atoms with E-state index in [0.717, 1.165) is 44.1 Å². The van der Waals surface area contributed by atoms with E-state index < -0.39 is 0 Å². The maximum atomic E-state index is 5.39. The Kier molecular flexibility index (Phi) is 10.0. The number of hydrogen-bond donors (Lipinski definition) is 1. The van der Waals surface area contributed by atoms with Crippen molar-refractivity contribution in [2.24, 2.45) is 17.8 Å². The molecule has 0 aliphatic rings. The molecule has 0 amide bonds. The van der Waals surface area contributed by atoms with Gasteiger partial charge in [0.05, 0.1) is 0 Å². The molecule has 0 aromatic carbocycles. The van der Waals surface area contributed by atoms with E-state index in [1.54, 1.807) is 0 Å². The standard InChI is InChI=1S/C14H31NO/c1-6-16-9-7-8-14(13(4)5)11-15-10-12(2)3/h12-15H,6-11H2,1-5H3. The van der Waals surface area contributed by atoms with Crippen molar-refractivity contribution in [2.75, 3.05) is 26.3 Å². The van der Waals surface area contributed by atoms with Crippen LogP contribution in [0.2, 0.25) is 0 Å². The van der Waals surface area contributed by atoms with Crippen LogP contribution in [-0.2, 0) is 4.74 Å². The average Bonchev–Trinajstić information content (AvgIpc) is 2.20. The highest BCUT2D eigenvalue weighted by Gasteiger charge is 2.12. The number of hydrogen-bond acceptors (Lipinski definition) is 2. The summed E-state index contributed by atoms with van der Waals surface area (Å²) in [6.45, 7) is 15.3. The van der Waals surface area contributed by atoms with Crippen molar-refractivity contribution in [1.29, 1.82) is 0 Å². The third kappa shape index (κ3) is 9.17. The number of nitrogens with one attached hydrogen (secondary N) is 1. The summed E-state index contributed by atoms with van der Waals surface area (Å²) in [5, 5.41) is 3.57. The Morgan fingerprint density at radius 1 is 1.06 bits per heavy atom. The molecule has 0 bridgehead atoms. The third-order valence-corrected chi connectivity index (χ3v) is 2.97. The zero-order chi connectivity index (χ0) is 12.4. The summed E-state index contributed by atoms with van der Waals surface area (Å²) in [4.78, 5) is 0. The molecule has 0 aliphatic carbocycles. The molecular weight excluding hydrogens is 198 g/mol. The highest BCUT2D eigenvalue weighted by molar-refractivity contribution is 4.66. The van der Waals surface area contributed by atoms with Crippen LogP contribution in [0.4, 0.5) is 0 Å². The Labute approximate surface area is 102 Å². The molecule has 2 nitrogen and oxygen atoms in total. The van der Waals surface area contributed by atoms with Crippen molar-refractivity contribution in [3.8, 4) is 0 Å². The van der Waals surface area contributed by atoms with Gasteiger partial charge in [0.25, 0.3) is 0 Å². The SMILES string of the molecule is CCOCCCC(CNCC(C)C)C(C)C. The van der Waals surface area contributed by atoms with Crippen molar-refractivity contribution in [3.05, 3.63) is 0 Å². The van der Waals surface area contributed by atoms with Gasteiger partial charge in [-0.1, -0.05) is 27.7 Å². The van der Waals surface area contributed by atoms with Crippen molar-refractivity contribution < 1.29 is 4.74 Å². The van der Waals surface area contributed by atoms with Gasteiger partial charge in [0.1, 0.15) is 0 Å². The molecule has 0 heterocycles. The Bertz CT molecular complexity index is 146. The van der Waals surface area contributed by atoms with Gasteiger partial charge in [-0.15, -0.1) is 0 Å². The molecule has 16 heavy (non-hydrogen) atoms. The molecule has 0 saturated carbocycles. The fourth-order valence-electron chi connectivity index (χ4n) is 1.82. The molecule has 0 fully saturated rings. The molecule has 1 atom stereocenters. The molecule has 2 heteroatoms. The minimum Gasteiger partial charge on any atom is -0.382 e. The molecule has 0 saturated heterocycles. The molecule has 0 aromatic rings. The Hall–Kier alpha value is -0.0800. The first-order chi connectivity index (χ1) is 7.57. The summed E-state index contributed by atoms with van der Waals surface area (Å²) in [6.07, 6.45) is 2.48. The van der Waals surface area contributed by atoms with Crippen LogP contribution in [0.5, 0.6) is 0 Å². The summed E-state index contributed by atoms with van der Waals surface area (Å²) in [5.41, 5.74) is 0. The second-order valence-electron chi connectivity index (χ2n) is 5.40. The van der Waals surface area contributed by atoms with Crippen molar-refractivity contribution >= 4 is 0 Å². The van der Waals surface area contributed by atoms with Gasteiger partial charge in [-0.25, -0.2) is 0 Å². The Balaban J connectivity index is 3.63. The lowest BCUT2D eigenvalue weighted by Crippen LogP contribution is -2.29. The molecule has 0 rings (SSSR count). The van der Waals surface area contributed by atoms with Gasteiger partial charge in [0, 0.05) is 13.2 Å². The summed E-state index contributed by atoms with van der Waals surface area (Å²) in [7, 11) is 0. The van der Waals surface area contributed by atoms with E-state index in [-0.39, 0.29) is 0 Å². The topological polar surface area (TPSA) is 21.3 Å². The molecule has 98 valence electrons. The van der Waals surface area contributed by atoms with E-state index >= 15 is 0 Å². The van der Waals surface area contributed by atoms with E-state index in [9.17, 15) is 0 Å². The van der Waals surface area contributed by atoms with Gasteiger partial charge in [0.2, 0.25) is 0 Å². The van der Waals surface area contributed by atoms with Crippen LogP contribution in [0.3, 0.4) is 0 Å². The first kappa shape index (κ1) is 15.9. The van der Waals surface area contributed by atoms with E-state index in [1.807, 2.05) is 0 Å². The molecule has 0 aromatic heterocycles. The lowest BCUT2D eigenvalue weighted by Gasteiger charge is -2.22. The van der Waals surface area contributed by atoms with Gasteiger partial charge < -0.3 is 10.1 Å². The highest BCUT2D eigenvalue weighted by atomic mass is 16.5. The van der Waals surface area contributed by atoms with Gasteiger partial charge in [0.15, 0.2) is 0 Å². The fraction of sp³-hybridized carbons (Fsp3) is 1.00. The van der Waals surface area contributed by atoms with Crippen LogP contribution in [0.25, 0.3) is 0 Å². The molecule has 0 spiro atoms. The normalized spacial score (nSPS) is 13.7. The van der Waals surface area contributed by atoms with Gasteiger partial charge in [-0.3, -0.25) is 0 Å². The van der Waals surface area contributed by atoms with E-state index in [0.29, 0.717) is 0 Å². The lowest BCUT2D eigenvalue weighted by atomic mass is 9.91. The van der Waals surface area contributed by atoms with Crippen LogP contribution < -0.4 is 5.32 Å². The fourth-order valence-corrected chi connectivity index (χ4v) is 1.82. The monoisotopic (exact) mass is 229 g/mol. The maximum absolute atomic E-state index is 5.39. The Morgan fingerprint density at radius 2 is 1.75 bits per heavy atom. The van der Waals surface area contributed by atoms with Crippen molar-refractivity contribution in [3.63, 3.8) is 0 Å². The van der Waals surface area contributed by atoms with E-state index in [1.165, 1.54) is 12.8 Å². The summed E-state index contributed by atoms with van der Waals surface area (Å²) in [6, 6.07) is 0. The first-order valence-corrected chi connectivity index (χ1v) is 6.86. The van der Waals surface area contributed by atoms with Crippen molar-refractivity contribution in [1.82, 2.24) is 5.32 Å². The predicted octanol–water partition coefficient (Wildman–Crippen LogP) is 3.32. The van der Waals surface area contributed by atoms with Crippen molar-refractivity contribution in [2.45, 2.75) is 47.5 Å². The van der Waals surface area contributed by atoms with Crippen LogP contribution in [-0.4, -0.2) is 26.3 Å². The first-order valence-electron chi connectivity index (χ1n) is 6.86. The van der Waals surface area contributed by atoms with E-state index in [4.69, 9.17) is 4.74 Å². The van der Waals surface area contributed by atoms with Gasteiger partial charge >= 0.3 is 0 Å². The van der Waals surface area contributed by atoms with Crippen LogP contribution in [0.15, 0.2) is 0 Å². The van der Waals surface area contributed by atoms with Crippen LogP contribution >= 0.6 is 0 Å². The number of rotatable bonds is 10. The van der Waals surface area contributed by atoms with Gasteiger partial charge in [-0.2, -0.15) is 0 Å². The molecule has 0 radical (unpaired) electrons. The quantitative estimate of drug-likeness (QED) is 0.580. The molecule has 1 unspecified atom stereocenters. The molecule has 0 aliphatic heterocycles. The summed E-state index contributed by atoms with van der Waals surface area (Å²) >= 11 is 0. The second-order valence-corrected chi connectivity index (χ2v) is 5.40. The minimum absolute atomic E-state index is 0.747. The smallest absolute Gasteiger partial charge is 0.0466 e. The Morgan fingerprint density at radius 3 is 2.25 bits per heavy atom. The summed E-state index contributed by atoms with van der Waals surface area (Å²) in [5.74, 6) is 2.30.